The summed E-state index contributed by atoms with van der Waals surface area (Å²) < 4.78 is 0. The molecule has 0 bridgehead atoms. The van der Waals surface area contributed by atoms with Crippen LogP contribution >= 0.6 is 0 Å². The Hall–Kier alpha value is -1.02. The predicted octanol–water partition coefficient (Wildman–Crippen LogP) is 1.46. The van der Waals surface area contributed by atoms with E-state index >= 15 is 0 Å². The van der Waals surface area contributed by atoms with E-state index in [1.165, 1.54) is 12.1 Å². The first-order valence-corrected chi connectivity index (χ1v) is 4.47. The Labute approximate surface area is 73.0 Å². The smallest absolute Gasteiger partial charge is 0.0398 e. The largest absolute Gasteiger partial charge is 0.381 e. The number of hydrogen-bond donors (Lipinski definition) is 2. The van der Waals surface area contributed by atoms with Gasteiger partial charge in [0.05, 0.1) is 0 Å². The summed E-state index contributed by atoms with van der Waals surface area (Å²) in [5.74, 6) is 0. The molecule has 1 aliphatic heterocycles. The first-order valence-electron chi connectivity index (χ1n) is 4.47. The van der Waals surface area contributed by atoms with Crippen LogP contribution in [0.1, 0.15) is 6.42 Å². The molecule has 1 saturated heterocycles. The Bertz CT molecular complexity index is 227. The Morgan fingerprint density at radius 1 is 1.25 bits per heavy atom. The summed E-state index contributed by atoms with van der Waals surface area (Å²) in [7, 11) is 0. The maximum atomic E-state index is 3.48. The maximum absolute atomic E-state index is 3.48. The van der Waals surface area contributed by atoms with Crippen LogP contribution in [-0.2, 0) is 0 Å². The zero-order chi connectivity index (χ0) is 8.23. The monoisotopic (exact) mass is 162 g/mol. The topological polar surface area (TPSA) is 24.1 Å². The van der Waals surface area contributed by atoms with Gasteiger partial charge >= 0.3 is 0 Å². The Balaban J connectivity index is 1.94. The van der Waals surface area contributed by atoms with E-state index in [-0.39, 0.29) is 0 Å². The highest BCUT2D eigenvalue weighted by molar-refractivity contribution is 5.43. The number of nitrogens with one attached hydrogen (secondary N) is 2. The van der Waals surface area contributed by atoms with Crippen molar-refractivity contribution in [2.24, 2.45) is 0 Å². The number of rotatable bonds is 2. The average Bonchev–Trinajstić information content (AvgIpc) is 2.59. The van der Waals surface area contributed by atoms with Gasteiger partial charge in [0.15, 0.2) is 0 Å². The fourth-order valence-electron chi connectivity index (χ4n) is 1.55. The van der Waals surface area contributed by atoms with Gasteiger partial charge < -0.3 is 10.6 Å². The van der Waals surface area contributed by atoms with Crippen LogP contribution in [0.15, 0.2) is 30.3 Å². The molecule has 0 saturated carbocycles. The Kier molecular flexibility index (Phi) is 2.28. The normalized spacial score (nSPS) is 22.5. The van der Waals surface area contributed by atoms with Crippen molar-refractivity contribution in [2.45, 2.75) is 12.5 Å². The third-order valence-corrected chi connectivity index (χ3v) is 2.20. The summed E-state index contributed by atoms with van der Waals surface area (Å²) in [5.41, 5.74) is 1.23. The van der Waals surface area contributed by atoms with E-state index in [1.54, 1.807) is 0 Å². The van der Waals surface area contributed by atoms with Crippen LogP contribution in [0.3, 0.4) is 0 Å². The minimum Gasteiger partial charge on any atom is -0.381 e. The second-order valence-electron chi connectivity index (χ2n) is 3.20. The molecule has 1 heterocycles. The summed E-state index contributed by atoms with van der Waals surface area (Å²) in [5, 5.41) is 6.81. The minimum absolute atomic E-state index is 0.618. The molecule has 1 aliphatic rings. The third-order valence-electron chi connectivity index (χ3n) is 2.20. The highest BCUT2D eigenvalue weighted by Gasteiger charge is 2.12. The first kappa shape index (κ1) is 7.62. The van der Waals surface area contributed by atoms with Crippen LogP contribution in [-0.4, -0.2) is 19.1 Å². The number of anilines is 1. The lowest BCUT2D eigenvalue weighted by atomic mass is 10.2. The van der Waals surface area contributed by atoms with Gasteiger partial charge in [-0.15, -0.1) is 0 Å². The molecule has 12 heavy (non-hydrogen) atoms. The molecule has 1 aromatic carbocycles. The standard InChI is InChI=1S/C10H14N2/c1-2-4-9(5-3-1)12-10-6-7-11-8-10/h1-5,10-12H,6-8H2/t10-/m1/s1. The summed E-state index contributed by atoms with van der Waals surface area (Å²) in [6.45, 7) is 2.24. The summed E-state index contributed by atoms with van der Waals surface area (Å²) in [6, 6.07) is 11.0. The van der Waals surface area contributed by atoms with Gasteiger partial charge in [-0.05, 0) is 25.1 Å². The van der Waals surface area contributed by atoms with Gasteiger partial charge in [-0.3, -0.25) is 0 Å². The van der Waals surface area contributed by atoms with Crippen LogP contribution in [0, 0.1) is 0 Å². The van der Waals surface area contributed by atoms with Crippen molar-refractivity contribution >= 4 is 5.69 Å². The first-order chi connectivity index (χ1) is 5.95. The van der Waals surface area contributed by atoms with Gasteiger partial charge in [-0.1, -0.05) is 18.2 Å². The molecular formula is C10H14N2. The van der Waals surface area contributed by atoms with Crippen molar-refractivity contribution in [3.05, 3.63) is 30.3 Å². The quantitative estimate of drug-likeness (QED) is 0.688. The van der Waals surface area contributed by atoms with E-state index in [2.05, 4.69) is 34.9 Å². The lowest BCUT2D eigenvalue weighted by molar-refractivity contribution is 0.793. The molecule has 0 aliphatic carbocycles. The molecule has 2 rings (SSSR count). The number of hydrogen-bond acceptors (Lipinski definition) is 2. The molecule has 0 amide bonds. The van der Waals surface area contributed by atoms with E-state index in [1.807, 2.05) is 6.07 Å². The molecule has 0 aromatic heterocycles. The second kappa shape index (κ2) is 3.59. The van der Waals surface area contributed by atoms with Crippen molar-refractivity contribution < 1.29 is 0 Å². The molecule has 1 aromatic rings. The van der Waals surface area contributed by atoms with E-state index in [9.17, 15) is 0 Å². The number of benzene rings is 1. The molecule has 1 fully saturated rings. The Morgan fingerprint density at radius 2 is 2.08 bits per heavy atom. The Morgan fingerprint density at radius 3 is 2.75 bits per heavy atom. The second-order valence-corrected chi connectivity index (χ2v) is 3.20. The maximum Gasteiger partial charge on any atom is 0.0398 e. The fourth-order valence-corrected chi connectivity index (χ4v) is 1.55. The van der Waals surface area contributed by atoms with Gasteiger partial charge in [-0.25, -0.2) is 0 Å². The van der Waals surface area contributed by atoms with Crippen molar-refractivity contribution in [1.29, 1.82) is 0 Å². The van der Waals surface area contributed by atoms with Gasteiger partial charge in [0.25, 0.3) is 0 Å². The zero-order valence-electron chi connectivity index (χ0n) is 7.09. The van der Waals surface area contributed by atoms with E-state index < -0.39 is 0 Å². The molecule has 0 unspecified atom stereocenters. The summed E-state index contributed by atoms with van der Waals surface area (Å²) in [6.07, 6.45) is 1.23. The van der Waals surface area contributed by atoms with Gasteiger partial charge in [-0.2, -0.15) is 0 Å². The van der Waals surface area contributed by atoms with Crippen LogP contribution in [0.2, 0.25) is 0 Å². The van der Waals surface area contributed by atoms with Gasteiger partial charge in [0.2, 0.25) is 0 Å². The highest BCUT2D eigenvalue weighted by Crippen LogP contribution is 2.10. The van der Waals surface area contributed by atoms with Gasteiger partial charge in [0.1, 0.15) is 0 Å². The minimum atomic E-state index is 0.618. The molecule has 2 N–H and O–H groups in total. The van der Waals surface area contributed by atoms with E-state index in [0.717, 1.165) is 13.1 Å². The molecule has 1 atom stereocenters. The van der Waals surface area contributed by atoms with E-state index in [4.69, 9.17) is 0 Å². The number of para-hydroxylation sites is 1. The van der Waals surface area contributed by atoms with Gasteiger partial charge in [0, 0.05) is 18.3 Å². The highest BCUT2D eigenvalue weighted by atomic mass is 15.0. The lowest BCUT2D eigenvalue weighted by Gasteiger charge is -2.11. The third kappa shape index (κ3) is 1.77. The molecule has 0 spiro atoms. The predicted molar refractivity (Wildman–Crippen MR) is 51.3 cm³/mol. The van der Waals surface area contributed by atoms with E-state index in [0.29, 0.717) is 6.04 Å². The SMILES string of the molecule is c1ccc(N[C@@H]2CCNC2)cc1. The fraction of sp³-hybridized carbons (Fsp3) is 0.400. The van der Waals surface area contributed by atoms with Crippen LogP contribution in [0.5, 0.6) is 0 Å². The molecular weight excluding hydrogens is 148 g/mol. The molecule has 64 valence electrons. The molecule has 2 heteroatoms. The summed E-state index contributed by atoms with van der Waals surface area (Å²) >= 11 is 0. The average molecular weight is 162 g/mol. The molecule has 2 nitrogen and oxygen atoms in total. The van der Waals surface area contributed by atoms with Crippen molar-refractivity contribution in [3.8, 4) is 0 Å². The van der Waals surface area contributed by atoms with Crippen LogP contribution < -0.4 is 10.6 Å². The van der Waals surface area contributed by atoms with Crippen molar-refractivity contribution in [2.75, 3.05) is 18.4 Å². The van der Waals surface area contributed by atoms with Crippen LogP contribution in [0.25, 0.3) is 0 Å². The molecule has 0 radical (unpaired) electrons. The summed E-state index contributed by atoms with van der Waals surface area (Å²) in [4.78, 5) is 0. The van der Waals surface area contributed by atoms with Crippen LogP contribution in [0.4, 0.5) is 5.69 Å². The van der Waals surface area contributed by atoms with Crippen molar-refractivity contribution in [1.82, 2.24) is 5.32 Å². The van der Waals surface area contributed by atoms with Crippen molar-refractivity contribution in [3.63, 3.8) is 0 Å². The zero-order valence-corrected chi connectivity index (χ0v) is 7.09. The lowest BCUT2D eigenvalue weighted by Crippen LogP contribution is -2.21.